The molecule has 0 amide bonds. The number of nitrogens with one attached hydrogen (secondary N) is 1. The molecule has 0 bridgehead atoms. The number of benzene rings is 2. The van der Waals surface area contributed by atoms with Gasteiger partial charge in [0.25, 0.3) is 0 Å². The Morgan fingerprint density at radius 3 is 2.74 bits per heavy atom. The van der Waals surface area contributed by atoms with E-state index in [1.54, 1.807) is 12.1 Å². The Balaban J connectivity index is 1.60. The molecule has 0 spiro atoms. The molecule has 0 saturated heterocycles. The lowest BCUT2D eigenvalue weighted by Crippen LogP contribution is -2.19. The van der Waals surface area contributed by atoms with Crippen molar-refractivity contribution in [1.29, 1.82) is 0 Å². The summed E-state index contributed by atoms with van der Waals surface area (Å²) in [5.41, 5.74) is 1.87. The zero-order chi connectivity index (χ0) is 16.1. The highest BCUT2D eigenvalue weighted by atomic mass is 19.3. The number of fused-ring (bicyclic) bond motifs is 1. The van der Waals surface area contributed by atoms with Crippen molar-refractivity contribution in [1.82, 2.24) is 5.32 Å². The Morgan fingerprint density at radius 1 is 1.04 bits per heavy atom. The summed E-state index contributed by atoms with van der Waals surface area (Å²) >= 11 is 0. The van der Waals surface area contributed by atoms with E-state index >= 15 is 0 Å². The van der Waals surface area contributed by atoms with Gasteiger partial charge in [0.2, 0.25) is 0 Å². The highest BCUT2D eigenvalue weighted by Crippen LogP contribution is 2.33. The van der Waals surface area contributed by atoms with Crippen LogP contribution in [0.1, 0.15) is 11.1 Å². The molecule has 122 valence electrons. The summed E-state index contributed by atoms with van der Waals surface area (Å²) < 4.78 is 40.0. The smallest absolute Gasteiger partial charge is 0.387 e. The first-order valence-electron chi connectivity index (χ1n) is 7.34. The number of hydrogen-bond acceptors (Lipinski definition) is 4. The van der Waals surface area contributed by atoms with Crippen LogP contribution in [0.3, 0.4) is 0 Å². The van der Waals surface area contributed by atoms with E-state index in [2.05, 4.69) is 10.1 Å². The van der Waals surface area contributed by atoms with Crippen LogP contribution in [0.5, 0.6) is 17.2 Å². The molecule has 0 fully saturated rings. The van der Waals surface area contributed by atoms with Crippen molar-refractivity contribution < 1.29 is 23.0 Å². The third-order valence-corrected chi connectivity index (χ3v) is 3.42. The number of ether oxygens (including phenoxy) is 3. The van der Waals surface area contributed by atoms with Gasteiger partial charge in [0.1, 0.15) is 19.0 Å². The van der Waals surface area contributed by atoms with E-state index in [1.165, 1.54) is 6.07 Å². The standard InChI is InChI=1S/C17H17F2NO3/c18-17(19)23-14-5-1-3-12(9-14)10-20-11-13-4-2-6-15-16(13)22-8-7-21-15/h1-6,9,17,20H,7-8,10-11H2. The molecule has 0 saturated carbocycles. The number of alkyl halides is 2. The molecule has 1 aliphatic heterocycles. The van der Waals surface area contributed by atoms with Crippen molar-refractivity contribution in [2.45, 2.75) is 19.7 Å². The second-order valence-corrected chi connectivity index (χ2v) is 5.07. The number of rotatable bonds is 6. The molecule has 1 N–H and O–H groups in total. The van der Waals surface area contributed by atoms with E-state index in [-0.39, 0.29) is 5.75 Å². The SMILES string of the molecule is FC(F)Oc1cccc(CNCc2cccc3c2OCCO3)c1. The van der Waals surface area contributed by atoms with Crippen molar-refractivity contribution in [3.8, 4) is 17.2 Å². The average molecular weight is 321 g/mol. The molecule has 0 aromatic heterocycles. The van der Waals surface area contributed by atoms with Crippen LogP contribution in [0.15, 0.2) is 42.5 Å². The summed E-state index contributed by atoms with van der Waals surface area (Å²) in [7, 11) is 0. The van der Waals surface area contributed by atoms with Gasteiger partial charge in [0.05, 0.1) is 0 Å². The molecule has 0 radical (unpaired) electrons. The second-order valence-electron chi connectivity index (χ2n) is 5.07. The molecule has 0 atom stereocenters. The van der Waals surface area contributed by atoms with Crippen molar-refractivity contribution >= 4 is 0 Å². The largest absolute Gasteiger partial charge is 0.486 e. The summed E-state index contributed by atoms with van der Waals surface area (Å²) in [6.45, 7) is -0.596. The zero-order valence-electron chi connectivity index (χ0n) is 12.4. The first-order chi connectivity index (χ1) is 11.2. The zero-order valence-corrected chi connectivity index (χ0v) is 12.4. The van der Waals surface area contributed by atoms with E-state index in [0.29, 0.717) is 26.3 Å². The fourth-order valence-corrected chi connectivity index (χ4v) is 2.45. The van der Waals surface area contributed by atoms with Gasteiger partial charge in [-0.3, -0.25) is 0 Å². The maximum atomic E-state index is 12.2. The fraction of sp³-hybridized carbons (Fsp3) is 0.294. The van der Waals surface area contributed by atoms with Gasteiger partial charge in [-0.1, -0.05) is 24.3 Å². The lowest BCUT2D eigenvalue weighted by Gasteiger charge is -2.21. The fourth-order valence-electron chi connectivity index (χ4n) is 2.45. The minimum Gasteiger partial charge on any atom is -0.486 e. The minimum atomic E-state index is -2.81. The molecular formula is C17H17F2NO3. The predicted octanol–water partition coefficient (Wildman–Crippen LogP) is 3.35. The number of para-hydroxylation sites is 1. The molecule has 0 unspecified atom stereocenters. The van der Waals surface area contributed by atoms with Crippen molar-refractivity contribution in [2.24, 2.45) is 0 Å². The molecule has 0 aliphatic carbocycles. The molecule has 4 nitrogen and oxygen atoms in total. The topological polar surface area (TPSA) is 39.7 Å². The van der Waals surface area contributed by atoms with Crippen LogP contribution < -0.4 is 19.5 Å². The van der Waals surface area contributed by atoms with Crippen molar-refractivity contribution in [3.63, 3.8) is 0 Å². The van der Waals surface area contributed by atoms with Crippen LogP contribution in [-0.4, -0.2) is 19.8 Å². The summed E-state index contributed by atoms with van der Waals surface area (Å²) in [6, 6.07) is 12.4. The first-order valence-corrected chi connectivity index (χ1v) is 7.34. The molecular weight excluding hydrogens is 304 g/mol. The van der Waals surface area contributed by atoms with Crippen molar-refractivity contribution in [2.75, 3.05) is 13.2 Å². The Hall–Kier alpha value is -2.34. The Labute approximate surface area is 133 Å². The summed E-state index contributed by atoms with van der Waals surface area (Å²) in [4.78, 5) is 0. The molecule has 6 heteroatoms. The average Bonchev–Trinajstić information content (AvgIpc) is 2.55. The molecule has 3 rings (SSSR count). The summed E-state index contributed by atoms with van der Waals surface area (Å²) in [6.07, 6.45) is 0. The van der Waals surface area contributed by atoms with Gasteiger partial charge < -0.3 is 19.5 Å². The maximum Gasteiger partial charge on any atom is 0.387 e. The van der Waals surface area contributed by atoms with Gasteiger partial charge in [0.15, 0.2) is 11.5 Å². The molecule has 1 heterocycles. The molecule has 23 heavy (non-hydrogen) atoms. The Bertz CT molecular complexity index is 664. The van der Waals surface area contributed by atoms with E-state index in [9.17, 15) is 8.78 Å². The van der Waals surface area contributed by atoms with Gasteiger partial charge in [0, 0.05) is 18.7 Å². The first kappa shape index (κ1) is 15.6. The van der Waals surface area contributed by atoms with Crippen LogP contribution in [0.4, 0.5) is 8.78 Å². The van der Waals surface area contributed by atoms with E-state index in [4.69, 9.17) is 9.47 Å². The van der Waals surface area contributed by atoms with Crippen LogP contribution in [-0.2, 0) is 13.1 Å². The predicted molar refractivity (Wildman–Crippen MR) is 81.0 cm³/mol. The molecule has 2 aromatic rings. The highest BCUT2D eigenvalue weighted by Gasteiger charge is 2.15. The monoisotopic (exact) mass is 321 g/mol. The Morgan fingerprint density at radius 2 is 1.87 bits per heavy atom. The quantitative estimate of drug-likeness (QED) is 0.886. The van der Waals surface area contributed by atoms with Gasteiger partial charge >= 0.3 is 6.61 Å². The summed E-state index contributed by atoms with van der Waals surface area (Å²) in [5, 5.41) is 3.27. The molecule has 2 aromatic carbocycles. The lowest BCUT2D eigenvalue weighted by molar-refractivity contribution is -0.0498. The van der Waals surface area contributed by atoms with E-state index in [1.807, 2.05) is 24.3 Å². The van der Waals surface area contributed by atoms with Crippen molar-refractivity contribution in [3.05, 3.63) is 53.6 Å². The number of hydrogen-bond donors (Lipinski definition) is 1. The van der Waals surface area contributed by atoms with Gasteiger partial charge in [-0.2, -0.15) is 8.78 Å². The third-order valence-electron chi connectivity index (χ3n) is 3.42. The van der Waals surface area contributed by atoms with Crippen LogP contribution >= 0.6 is 0 Å². The molecule has 1 aliphatic rings. The van der Waals surface area contributed by atoms with Gasteiger partial charge in [-0.05, 0) is 23.8 Å². The van der Waals surface area contributed by atoms with Crippen LogP contribution in [0.2, 0.25) is 0 Å². The second kappa shape index (κ2) is 7.28. The maximum absolute atomic E-state index is 12.2. The minimum absolute atomic E-state index is 0.160. The lowest BCUT2D eigenvalue weighted by atomic mass is 10.1. The van der Waals surface area contributed by atoms with Crippen LogP contribution in [0, 0.1) is 0 Å². The van der Waals surface area contributed by atoms with Gasteiger partial charge in [-0.15, -0.1) is 0 Å². The Kier molecular flexibility index (Phi) is 4.92. The third kappa shape index (κ3) is 4.10. The van der Waals surface area contributed by atoms with E-state index in [0.717, 1.165) is 22.6 Å². The van der Waals surface area contributed by atoms with Gasteiger partial charge in [-0.25, -0.2) is 0 Å². The normalized spacial score (nSPS) is 13.2. The van der Waals surface area contributed by atoms with Crippen LogP contribution in [0.25, 0.3) is 0 Å². The highest BCUT2D eigenvalue weighted by molar-refractivity contribution is 5.47. The van der Waals surface area contributed by atoms with E-state index < -0.39 is 6.61 Å². The number of halogens is 2. The summed E-state index contributed by atoms with van der Waals surface area (Å²) in [5.74, 6) is 1.68.